The Balaban J connectivity index is 0. The van der Waals surface area contributed by atoms with Crippen molar-refractivity contribution in [2.24, 2.45) is 14.1 Å². The number of imidazole rings is 2. The van der Waals surface area contributed by atoms with E-state index in [1.165, 1.54) is 25.7 Å². The van der Waals surface area contributed by atoms with E-state index in [2.05, 4.69) is 106 Å². The van der Waals surface area contributed by atoms with Gasteiger partial charge in [0.05, 0.1) is 33.9 Å². The molecule has 0 saturated heterocycles. The summed E-state index contributed by atoms with van der Waals surface area (Å²) in [6, 6.07) is 0. The number of hydrogen-bond donors (Lipinski definition) is 0. The molecule has 0 N–H and O–H groups in total. The third-order valence-electron chi connectivity index (χ3n) is 4.53. The topological polar surface area (TPSA) is 24.1 Å². The van der Waals surface area contributed by atoms with Gasteiger partial charge in [-0.15, -0.1) is 0 Å². The Bertz CT molecular complexity index is 969. The standard InChI is InChI=1S/2C8H15N2.C6H12N2.2F6P/c2*1-3-4-5-10-7-6-9(2)8-10;1-3-8-5-4-7(2)6-8;2*1-7(2,3,4,5)6/h2*6-8H,3-5H2,1-2H3;4-5H,3,6H2,1-2H3;;/q2*+1;;2*-1. The van der Waals surface area contributed by atoms with Crippen molar-refractivity contribution in [1.82, 2.24) is 18.9 Å². The molecular formula is C22H42F12N6P2. The number of unbranched alkanes of at least 4 members (excludes halogenated alkanes) is 2. The summed E-state index contributed by atoms with van der Waals surface area (Å²) in [5, 5.41) is 0. The minimum absolute atomic E-state index is 1.05. The van der Waals surface area contributed by atoms with Crippen molar-refractivity contribution in [2.45, 2.75) is 59.5 Å². The molecule has 0 radical (unpaired) electrons. The molecule has 3 rings (SSSR count). The first-order valence-corrected chi connectivity index (χ1v) is 16.7. The fourth-order valence-electron chi connectivity index (χ4n) is 2.74. The fourth-order valence-corrected chi connectivity index (χ4v) is 2.74. The monoisotopic (exact) mass is 680 g/mol. The van der Waals surface area contributed by atoms with Gasteiger partial charge in [0, 0.05) is 26.0 Å². The van der Waals surface area contributed by atoms with Gasteiger partial charge in [0.25, 0.3) is 0 Å². The van der Waals surface area contributed by atoms with Gasteiger partial charge in [0.15, 0.2) is 0 Å². The molecule has 0 fully saturated rings. The average Bonchev–Trinajstić information content (AvgIpc) is 3.48. The molecule has 0 aliphatic carbocycles. The van der Waals surface area contributed by atoms with Crippen molar-refractivity contribution in [1.29, 1.82) is 0 Å². The number of hydrogen-bond acceptors (Lipinski definition) is 2. The van der Waals surface area contributed by atoms with Gasteiger partial charge in [0.2, 0.25) is 12.7 Å². The summed E-state index contributed by atoms with van der Waals surface area (Å²) in [6.07, 6.45) is 21.8. The Morgan fingerprint density at radius 1 is 0.619 bits per heavy atom. The van der Waals surface area contributed by atoms with Crippen LogP contribution in [0.2, 0.25) is 0 Å². The molecule has 20 heteroatoms. The summed E-state index contributed by atoms with van der Waals surface area (Å²) in [5.41, 5.74) is 0. The molecule has 0 saturated carbocycles. The molecular weight excluding hydrogens is 638 g/mol. The molecule has 1 aliphatic rings. The Labute approximate surface area is 238 Å². The van der Waals surface area contributed by atoms with Crippen molar-refractivity contribution >= 4 is 15.6 Å². The predicted molar refractivity (Wildman–Crippen MR) is 142 cm³/mol. The van der Waals surface area contributed by atoms with Crippen LogP contribution in [-0.4, -0.2) is 39.2 Å². The molecule has 0 aromatic carbocycles. The van der Waals surface area contributed by atoms with Crippen LogP contribution in [0.15, 0.2) is 49.8 Å². The van der Waals surface area contributed by atoms with E-state index in [4.69, 9.17) is 0 Å². The third kappa shape index (κ3) is 42.2. The molecule has 1 aliphatic heterocycles. The van der Waals surface area contributed by atoms with Gasteiger partial charge in [-0.25, -0.2) is 18.3 Å². The van der Waals surface area contributed by atoms with Crippen LogP contribution in [0.1, 0.15) is 46.5 Å². The van der Waals surface area contributed by atoms with Crippen molar-refractivity contribution in [3.63, 3.8) is 0 Å². The van der Waals surface area contributed by atoms with Crippen molar-refractivity contribution < 1.29 is 59.5 Å². The van der Waals surface area contributed by atoms with E-state index in [1.54, 1.807) is 0 Å². The summed E-state index contributed by atoms with van der Waals surface area (Å²) in [7, 11) is -15.2. The number of rotatable bonds is 7. The van der Waals surface area contributed by atoms with Crippen LogP contribution in [0.25, 0.3) is 0 Å². The van der Waals surface area contributed by atoms with Gasteiger partial charge in [-0.3, -0.25) is 0 Å². The van der Waals surface area contributed by atoms with Crippen LogP contribution in [-0.2, 0) is 27.2 Å². The van der Waals surface area contributed by atoms with Crippen LogP contribution >= 0.6 is 15.6 Å². The van der Waals surface area contributed by atoms with E-state index >= 15 is 0 Å². The number of aryl methyl sites for hydroxylation is 4. The summed E-state index contributed by atoms with van der Waals surface area (Å²) in [5.74, 6) is 0. The molecule has 254 valence electrons. The van der Waals surface area contributed by atoms with Gasteiger partial charge in [-0.05, 0) is 19.8 Å². The summed E-state index contributed by atoms with van der Waals surface area (Å²) in [6.45, 7) is 11.0. The maximum atomic E-state index is 9.87. The van der Waals surface area contributed by atoms with Gasteiger partial charge < -0.3 is 9.80 Å². The second-order valence-corrected chi connectivity index (χ2v) is 13.2. The average molecular weight is 681 g/mol. The zero-order chi connectivity index (χ0) is 33.6. The molecule has 6 nitrogen and oxygen atoms in total. The number of halogens is 12. The summed E-state index contributed by atoms with van der Waals surface area (Å²) < 4.78 is 127. The molecule has 0 unspecified atom stereocenters. The van der Waals surface area contributed by atoms with E-state index in [0.717, 1.165) is 26.3 Å². The summed E-state index contributed by atoms with van der Waals surface area (Å²) in [4.78, 5) is 4.41. The normalized spacial score (nSPS) is 16.0. The number of nitrogens with zero attached hydrogens (tertiary/aromatic N) is 6. The second kappa shape index (κ2) is 14.5. The van der Waals surface area contributed by atoms with Gasteiger partial charge in [-0.2, -0.15) is 0 Å². The van der Waals surface area contributed by atoms with Crippen LogP contribution in [0.4, 0.5) is 50.4 Å². The molecule has 0 atom stereocenters. The maximum absolute atomic E-state index is 10.7. The first kappa shape index (κ1) is 41.9. The number of aromatic nitrogens is 4. The first-order chi connectivity index (χ1) is 18.4. The molecule has 42 heavy (non-hydrogen) atoms. The zero-order valence-electron chi connectivity index (χ0n) is 24.4. The second-order valence-electron chi connectivity index (χ2n) is 9.36. The quantitative estimate of drug-likeness (QED) is 0.165. The van der Waals surface area contributed by atoms with E-state index in [9.17, 15) is 50.4 Å². The molecule has 2 aromatic rings. The van der Waals surface area contributed by atoms with Gasteiger partial charge in [-0.1, -0.05) is 26.7 Å². The Morgan fingerprint density at radius 2 is 0.952 bits per heavy atom. The molecule has 3 heterocycles. The van der Waals surface area contributed by atoms with E-state index in [-0.39, 0.29) is 0 Å². The van der Waals surface area contributed by atoms with E-state index < -0.39 is 15.6 Å². The van der Waals surface area contributed by atoms with E-state index in [1.807, 2.05) is 14.1 Å². The fraction of sp³-hybridized carbons (Fsp3) is 0.636. The van der Waals surface area contributed by atoms with Gasteiger partial charge in [0.1, 0.15) is 24.8 Å². The van der Waals surface area contributed by atoms with Crippen molar-refractivity contribution in [3.05, 3.63) is 49.8 Å². The molecule has 0 spiro atoms. The predicted octanol–water partition coefficient (Wildman–Crippen LogP) is 9.67. The Hall–Kier alpha value is -2.22. The Morgan fingerprint density at radius 3 is 1.12 bits per heavy atom. The van der Waals surface area contributed by atoms with Crippen LogP contribution in [0.3, 0.4) is 0 Å². The minimum atomic E-state index is -10.7. The van der Waals surface area contributed by atoms with Crippen molar-refractivity contribution in [2.75, 3.05) is 20.3 Å². The molecule has 0 amide bonds. The zero-order valence-corrected chi connectivity index (χ0v) is 26.2. The van der Waals surface area contributed by atoms with E-state index in [0.29, 0.717) is 0 Å². The Kier molecular flexibility index (Phi) is 14.5. The third-order valence-corrected chi connectivity index (χ3v) is 4.53. The van der Waals surface area contributed by atoms with Crippen LogP contribution in [0, 0.1) is 0 Å². The van der Waals surface area contributed by atoms with Crippen molar-refractivity contribution in [3.8, 4) is 0 Å². The SMILES string of the molecule is CCCCn1cc[n+](C)c1.CCCCn1cc[n+](C)c1.CCN1C=CN(C)C1.F[P-](F)(F)(F)(F)F.F[P-](F)(F)(F)(F)F. The molecule has 0 bridgehead atoms. The van der Waals surface area contributed by atoms with Gasteiger partial charge >= 0.3 is 66.0 Å². The molecule has 2 aromatic heterocycles. The first-order valence-electron chi connectivity index (χ1n) is 12.7. The summed E-state index contributed by atoms with van der Waals surface area (Å²) >= 11 is 0. The van der Waals surface area contributed by atoms with Crippen LogP contribution < -0.4 is 9.13 Å². The van der Waals surface area contributed by atoms with Crippen LogP contribution in [0.5, 0.6) is 0 Å².